The summed E-state index contributed by atoms with van der Waals surface area (Å²) < 4.78 is 18.7. The van der Waals surface area contributed by atoms with Crippen LogP contribution in [0.25, 0.3) is 0 Å². The smallest absolute Gasteiger partial charge is 0.249 e. The molecule has 2 unspecified atom stereocenters. The van der Waals surface area contributed by atoms with Gasteiger partial charge in [0.2, 0.25) is 5.91 Å². The molecule has 0 bridgehead atoms. The van der Waals surface area contributed by atoms with Crippen molar-refractivity contribution in [2.75, 3.05) is 19.7 Å². The van der Waals surface area contributed by atoms with Gasteiger partial charge < -0.3 is 9.64 Å². The van der Waals surface area contributed by atoms with E-state index in [1.165, 1.54) is 12.1 Å². The number of likely N-dealkylation sites (tertiary alicyclic amines) is 1. The van der Waals surface area contributed by atoms with E-state index in [-0.39, 0.29) is 30.5 Å². The minimum Gasteiger partial charge on any atom is -0.365 e. The minimum absolute atomic E-state index is 0.0196. The first kappa shape index (κ1) is 14.5. The molecule has 0 N–H and O–H groups in total. The Labute approximate surface area is 124 Å². The molecule has 0 aliphatic carbocycles. The second kappa shape index (κ2) is 5.73. The molecule has 2 fully saturated rings. The summed E-state index contributed by atoms with van der Waals surface area (Å²) in [6, 6.07) is 6.89. The molecule has 0 saturated carbocycles. The minimum atomic E-state index is -0.253. The van der Waals surface area contributed by atoms with Crippen molar-refractivity contribution >= 4 is 5.91 Å². The molecule has 21 heavy (non-hydrogen) atoms. The molecule has 5 heteroatoms. The van der Waals surface area contributed by atoms with Gasteiger partial charge in [-0.15, -0.1) is 0 Å². The van der Waals surface area contributed by atoms with Crippen molar-refractivity contribution in [2.24, 2.45) is 0 Å². The molecule has 2 saturated heterocycles. The Morgan fingerprint density at radius 2 is 2.00 bits per heavy atom. The van der Waals surface area contributed by atoms with Gasteiger partial charge in [0.15, 0.2) is 0 Å². The Bertz CT molecular complexity index is 518. The zero-order chi connectivity index (χ0) is 15.0. The predicted octanol–water partition coefficient (Wildman–Crippen LogP) is 1.65. The first-order valence-corrected chi connectivity index (χ1v) is 7.44. The molecule has 2 heterocycles. The maximum absolute atomic E-state index is 13.0. The third kappa shape index (κ3) is 2.94. The van der Waals surface area contributed by atoms with Gasteiger partial charge in [-0.2, -0.15) is 0 Å². The second-order valence-electron chi connectivity index (χ2n) is 6.11. The molecule has 1 aromatic carbocycles. The van der Waals surface area contributed by atoms with E-state index in [0.29, 0.717) is 12.6 Å². The topological polar surface area (TPSA) is 32.8 Å². The average molecular weight is 292 g/mol. The van der Waals surface area contributed by atoms with Crippen molar-refractivity contribution < 1.29 is 13.9 Å². The normalized spacial score (nSPS) is 26.5. The van der Waals surface area contributed by atoms with Crippen LogP contribution in [0.3, 0.4) is 0 Å². The summed E-state index contributed by atoms with van der Waals surface area (Å²) in [5.41, 5.74) is 0.952. The van der Waals surface area contributed by atoms with E-state index >= 15 is 0 Å². The van der Waals surface area contributed by atoms with Crippen LogP contribution in [0.5, 0.6) is 0 Å². The summed E-state index contributed by atoms with van der Waals surface area (Å²) in [7, 11) is 0. The number of hydrogen-bond acceptors (Lipinski definition) is 3. The summed E-state index contributed by atoms with van der Waals surface area (Å²) in [6.45, 7) is 6.70. The number of carbonyl (C=O) groups is 1. The molecule has 1 amide bonds. The van der Waals surface area contributed by atoms with E-state index in [2.05, 4.69) is 18.7 Å². The van der Waals surface area contributed by atoms with Crippen molar-refractivity contribution in [1.29, 1.82) is 0 Å². The van der Waals surface area contributed by atoms with Gasteiger partial charge in [-0.3, -0.25) is 9.69 Å². The third-order valence-electron chi connectivity index (χ3n) is 4.40. The van der Waals surface area contributed by atoms with Crippen molar-refractivity contribution in [3.8, 4) is 0 Å². The van der Waals surface area contributed by atoms with Crippen molar-refractivity contribution in [3.63, 3.8) is 0 Å². The quantitative estimate of drug-likeness (QED) is 0.849. The number of benzene rings is 1. The zero-order valence-electron chi connectivity index (χ0n) is 12.5. The highest BCUT2D eigenvalue weighted by Crippen LogP contribution is 2.26. The molecule has 3 rings (SSSR count). The lowest BCUT2D eigenvalue weighted by atomic mass is 10.1. The summed E-state index contributed by atoms with van der Waals surface area (Å²) in [4.78, 5) is 16.4. The molecule has 2 atom stereocenters. The van der Waals surface area contributed by atoms with Gasteiger partial charge in [0.1, 0.15) is 12.4 Å². The van der Waals surface area contributed by atoms with Crippen LogP contribution in [0.1, 0.15) is 19.4 Å². The van der Waals surface area contributed by atoms with Gasteiger partial charge in [-0.1, -0.05) is 12.1 Å². The van der Waals surface area contributed by atoms with E-state index in [1.54, 1.807) is 12.1 Å². The van der Waals surface area contributed by atoms with Crippen LogP contribution in [0, 0.1) is 5.82 Å². The number of amides is 1. The van der Waals surface area contributed by atoms with E-state index in [0.717, 1.165) is 18.7 Å². The molecule has 1 aromatic rings. The van der Waals surface area contributed by atoms with Crippen LogP contribution in [-0.2, 0) is 16.1 Å². The van der Waals surface area contributed by atoms with Crippen molar-refractivity contribution in [1.82, 2.24) is 9.80 Å². The number of fused-ring (bicyclic) bond motifs is 1. The molecular formula is C16H21FN2O2. The van der Waals surface area contributed by atoms with Gasteiger partial charge in [-0.25, -0.2) is 4.39 Å². The average Bonchev–Trinajstić information content (AvgIpc) is 2.89. The molecule has 2 aliphatic heterocycles. The van der Waals surface area contributed by atoms with Gasteiger partial charge in [0.25, 0.3) is 0 Å². The highest BCUT2D eigenvalue weighted by Gasteiger charge is 2.43. The van der Waals surface area contributed by atoms with Crippen LogP contribution in [0.2, 0.25) is 0 Å². The number of carbonyl (C=O) groups excluding carboxylic acids is 1. The first-order chi connectivity index (χ1) is 10.0. The van der Waals surface area contributed by atoms with E-state index in [4.69, 9.17) is 4.74 Å². The fourth-order valence-corrected chi connectivity index (χ4v) is 3.11. The lowest BCUT2D eigenvalue weighted by Gasteiger charge is -2.36. The number of halogens is 1. The van der Waals surface area contributed by atoms with E-state index in [1.807, 2.05) is 4.90 Å². The number of morpholine rings is 1. The van der Waals surface area contributed by atoms with Crippen LogP contribution >= 0.6 is 0 Å². The van der Waals surface area contributed by atoms with Crippen LogP contribution in [0.4, 0.5) is 4.39 Å². The first-order valence-electron chi connectivity index (χ1n) is 7.44. The third-order valence-corrected chi connectivity index (χ3v) is 4.40. The number of nitrogens with zero attached hydrogens (tertiary/aromatic N) is 2. The Morgan fingerprint density at radius 3 is 2.67 bits per heavy atom. The molecule has 0 aromatic heterocycles. The molecule has 0 radical (unpaired) electrons. The van der Waals surface area contributed by atoms with E-state index in [9.17, 15) is 9.18 Å². The van der Waals surface area contributed by atoms with Crippen LogP contribution in [-0.4, -0.2) is 53.6 Å². The van der Waals surface area contributed by atoms with Gasteiger partial charge in [0.05, 0.1) is 12.1 Å². The highest BCUT2D eigenvalue weighted by atomic mass is 19.1. The molecule has 0 spiro atoms. The Hall–Kier alpha value is -1.46. The zero-order valence-corrected chi connectivity index (χ0v) is 12.5. The predicted molar refractivity (Wildman–Crippen MR) is 77.2 cm³/mol. The lowest BCUT2D eigenvalue weighted by Crippen LogP contribution is -2.53. The summed E-state index contributed by atoms with van der Waals surface area (Å²) >= 11 is 0. The number of ether oxygens (including phenoxy) is 1. The second-order valence-corrected chi connectivity index (χ2v) is 6.11. The lowest BCUT2D eigenvalue weighted by molar-refractivity contribution is -0.153. The van der Waals surface area contributed by atoms with E-state index < -0.39 is 0 Å². The monoisotopic (exact) mass is 292 g/mol. The standard InChI is InChI=1S/C16H21FN2O2/c1-11(2)18-8-14-15(9-18)21-10-16(20)19(14)7-12-3-5-13(17)6-4-12/h3-6,11,14-15H,7-10H2,1-2H3. The van der Waals surface area contributed by atoms with Gasteiger partial charge in [0, 0.05) is 25.7 Å². The number of rotatable bonds is 3. The van der Waals surface area contributed by atoms with Crippen LogP contribution in [0.15, 0.2) is 24.3 Å². The van der Waals surface area contributed by atoms with Crippen LogP contribution < -0.4 is 0 Å². The Balaban J connectivity index is 1.76. The molecule has 4 nitrogen and oxygen atoms in total. The SMILES string of the molecule is CC(C)N1CC2OCC(=O)N(Cc3ccc(F)cc3)C2C1. The van der Waals surface area contributed by atoms with Crippen molar-refractivity contribution in [2.45, 2.75) is 38.6 Å². The summed E-state index contributed by atoms with van der Waals surface area (Å²) in [5, 5.41) is 0. The molecular weight excluding hydrogens is 271 g/mol. The van der Waals surface area contributed by atoms with Crippen molar-refractivity contribution in [3.05, 3.63) is 35.6 Å². The largest absolute Gasteiger partial charge is 0.365 e. The Morgan fingerprint density at radius 1 is 1.29 bits per heavy atom. The van der Waals surface area contributed by atoms with Gasteiger partial charge >= 0.3 is 0 Å². The summed E-state index contributed by atoms with van der Waals surface area (Å²) in [5.74, 6) is -0.233. The highest BCUT2D eigenvalue weighted by molar-refractivity contribution is 5.78. The maximum atomic E-state index is 13.0. The summed E-state index contributed by atoms with van der Waals surface area (Å²) in [6.07, 6.45) is 0.0885. The molecule has 2 aliphatic rings. The fourth-order valence-electron chi connectivity index (χ4n) is 3.11. The maximum Gasteiger partial charge on any atom is 0.249 e. The molecule has 114 valence electrons. The fraction of sp³-hybridized carbons (Fsp3) is 0.562. The Kier molecular flexibility index (Phi) is 3.95. The number of hydrogen-bond donors (Lipinski definition) is 0. The van der Waals surface area contributed by atoms with Gasteiger partial charge in [-0.05, 0) is 31.5 Å².